The zero-order valence-corrected chi connectivity index (χ0v) is 10.5. The number of hydrogen-bond acceptors (Lipinski definition) is 4. The molecule has 2 rings (SSSR count). The number of aromatic amines is 1. The fraction of sp³-hybridized carbons (Fsp3) is 0.556. The smallest absolute Gasteiger partial charge is 0.268 e. The van der Waals surface area contributed by atoms with Crippen molar-refractivity contribution in [1.29, 1.82) is 0 Å². The van der Waals surface area contributed by atoms with Crippen molar-refractivity contribution in [2.24, 2.45) is 0 Å². The quantitative estimate of drug-likeness (QED) is 0.800. The van der Waals surface area contributed by atoms with E-state index >= 15 is 0 Å². The van der Waals surface area contributed by atoms with Crippen molar-refractivity contribution in [3.63, 3.8) is 0 Å². The van der Waals surface area contributed by atoms with Gasteiger partial charge in [-0.2, -0.15) is 0 Å². The molecule has 2 aromatic rings. The van der Waals surface area contributed by atoms with Crippen molar-refractivity contribution in [3.8, 4) is 0 Å². The lowest BCUT2D eigenvalue weighted by atomic mass is 9.93. The molecule has 0 saturated heterocycles. The van der Waals surface area contributed by atoms with E-state index in [0.29, 0.717) is 5.65 Å². The van der Waals surface area contributed by atoms with Crippen molar-refractivity contribution in [3.05, 3.63) is 11.8 Å². The number of fused-ring (bicyclic) bond motifs is 1. The molecule has 0 unspecified atom stereocenters. The third-order valence-corrected chi connectivity index (χ3v) is 3.23. The second-order valence-corrected chi connectivity index (χ2v) is 6.78. The summed E-state index contributed by atoms with van der Waals surface area (Å²) in [5.41, 5.74) is 1.35. The summed E-state index contributed by atoms with van der Waals surface area (Å²) in [6.45, 7) is 6.10. The molecule has 2 heterocycles. The third-order valence-electron chi connectivity index (χ3n) is 2.30. The van der Waals surface area contributed by atoms with Crippen LogP contribution in [0.2, 0.25) is 0 Å². The highest BCUT2D eigenvalue weighted by Crippen LogP contribution is 2.22. The van der Waals surface area contributed by atoms with Gasteiger partial charge in [0.1, 0.15) is 0 Å². The molecule has 0 bridgehead atoms. The van der Waals surface area contributed by atoms with E-state index in [4.69, 9.17) is 0 Å². The highest BCUT2D eigenvalue weighted by molar-refractivity contribution is 7.90. The molecule has 0 aliphatic rings. The molecule has 88 valence electrons. The average Bonchev–Trinajstić information content (AvgIpc) is 2.53. The first-order valence-corrected chi connectivity index (χ1v) is 6.73. The highest BCUT2D eigenvalue weighted by atomic mass is 32.2. The maximum atomic E-state index is 11.4. The minimum Gasteiger partial charge on any atom is -0.294 e. The second-order valence-electron chi connectivity index (χ2n) is 4.87. The molecule has 7 heteroatoms. The van der Waals surface area contributed by atoms with Gasteiger partial charge in [0.2, 0.25) is 9.84 Å². The summed E-state index contributed by atoms with van der Waals surface area (Å²) >= 11 is 0. The molecule has 1 N–H and O–H groups in total. The van der Waals surface area contributed by atoms with E-state index in [1.807, 2.05) is 26.8 Å². The van der Waals surface area contributed by atoms with Crippen molar-refractivity contribution in [2.45, 2.75) is 31.3 Å². The van der Waals surface area contributed by atoms with Crippen molar-refractivity contribution in [2.75, 3.05) is 6.26 Å². The van der Waals surface area contributed by atoms with E-state index in [1.165, 1.54) is 4.52 Å². The van der Waals surface area contributed by atoms with E-state index < -0.39 is 9.84 Å². The number of hydrogen-bond donors (Lipinski definition) is 1. The van der Waals surface area contributed by atoms with Crippen LogP contribution in [-0.2, 0) is 15.3 Å². The Morgan fingerprint density at radius 1 is 1.31 bits per heavy atom. The van der Waals surface area contributed by atoms with E-state index in [-0.39, 0.29) is 10.6 Å². The minimum absolute atomic E-state index is 0.0574. The lowest BCUT2D eigenvalue weighted by Gasteiger charge is -2.15. The molecule has 0 aliphatic carbocycles. The van der Waals surface area contributed by atoms with E-state index in [2.05, 4.69) is 15.3 Å². The van der Waals surface area contributed by atoms with Crippen molar-refractivity contribution in [1.82, 2.24) is 19.8 Å². The summed E-state index contributed by atoms with van der Waals surface area (Å²) in [5, 5.41) is 10.4. The van der Waals surface area contributed by atoms with Crippen LogP contribution < -0.4 is 0 Å². The number of rotatable bonds is 1. The Kier molecular flexibility index (Phi) is 2.13. The Morgan fingerprint density at radius 2 is 1.94 bits per heavy atom. The Labute approximate surface area is 93.6 Å². The number of nitrogens with zero attached hydrogens (tertiary/aromatic N) is 3. The molecule has 6 nitrogen and oxygen atoms in total. The summed E-state index contributed by atoms with van der Waals surface area (Å²) in [7, 11) is -3.36. The van der Waals surface area contributed by atoms with Crippen LogP contribution in [0, 0.1) is 0 Å². The van der Waals surface area contributed by atoms with Gasteiger partial charge in [-0.15, -0.1) is 10.2 Å². The van der Waals surface area contributed by atoms with Gasteiger partial charge in [0.15, 0.2) is 5.65 Å². The molecule has 0 radical (unpaired) electrons. The normalized spacial score (nSPS) is 13.5. The van der Waals surface area contributed by atoms with Crippen molar-refractivity contribution < 1.29 is 8.42 Å². The summed E-state index contributed by atoms with van der Waals surface area (Å²) in [5.74, 6) is 0. The van der Waals surface area contributed by atoms with Gasteiger partial charge in [-0.3, -0.25) is 5.10 Å². The van der Waals surface area contributed by atoms with Gasteiger partial charge in [-0.1, -0.05) is 20.8 Å². The number of aromatic nitrogens is 4. The zero-order chi connectivity index (χ0) is 12.1. The highest BCUT2D eigenvalue weighted by Gasteiger charge is 2.22. The first kappa shape index (κ1) is 11.1. The number of nitrogens with one attached hydrogen (secondary N) is 1. The molecule has 16 heavy (non-hydrogen) atoms. The minimum atomic E-state index is -3.36. The van der Waals surface area contributed by atoms with Gasteiger partial charge < -0.3 is 0 Å². The largest absolute Gasteiger partial charge is 0.294 e. The first-order valence-electron chi connectivity index (χ1n) is 4.84. The van der Waals surface area contributed by atoms with Crippen LogP contribution in [0.5, 0.6) is 0 Å². The van der Waals surface area contributed by atoms with Crippen LogP contribution in [0.3, 0.4) is 0 Å². The van der Waals surface area contributed by atoms with Gasteiger partial charge >= 0.3 is 0 Å². The summed E-state index contributed by atoms with van der Waals surface area (Å²) in [6, 6.07) is 1.81. The number of sulfone groups is 1. The van der Waals surface area contributed by atoms with Crippen LogP contribution in [0.1, 0.15) is 26.5 Å². The zero-order valence-electron chi connectivity index (χ0n) is 9.64. The predicted octanol–water partition coefficient (Wildman–Crippen LogP) is 0.758. The average molecular weight is 242 g/mol. The molecule has 0 amide bonds. The fourth-order valence-corrected chi connectivity index (χ4v) is 2.05. The first-order chi connectivity index (χ1) is 7.19. The van der Waals surface area contributed by atoms with Gasteiger partial charge in [0, 0.05) is 23.4 Å². The van der Waals surface area contributed by atoms with Gasteiger partial charge in [0.05, 0.1) is 0 Å². The molecule has 0 aromatic carbocycles. The molecule has 2 aromatic heterocycles. The molecule has 0 saturated carbocycles. The lowest BCUT2D eigenvalue weighted by Crippen LogP contribution is -2.13. The standard InChI is InChI=1S/C9H14N4O2S/c1-9(2,3)6-5-7-10-11-8(13(7)12-6)16(4,14)15/h5,12H,1-4H3. The van der Waals surface area contributed by atoms with Gasteiger partial charge in [0.25, 0.3) is 5.16 Å². The Balaban J connectivity index is 2.70. The molecule has 0 spiro atoms. The topological polar surface area (TPSA) is 80.1 Å². The van der Waals surface area contributed by atoms with E-state index in [9.17, 15) is 8.42 Å². The lowest BCUT2D eigenvalue weighted by molar-refractivity contribution is 0.552. The van der Waals surface area contributed by atoms with Crippen LogP contribution >= 0.6 is 0 Å². The van der Waals surface area contributed by atoms with Crippen LogP contribution in [0.4, 0.5) is 0 Å². The van der Waals surface area contributed by atoms with Crippen LogP contribution in [-0.4, -0.2) is 34.5 Å². The maximum Gasteiger partial charge on any atom is 0.268 e. The predicted molar refractivity (Wildman–Crippen MR) is 59.1 cm³/mol. The summed E-state index contributed by atoms with van der Waals surface area (Å²) < 4.78 is 24.2. The molecular formula is C9H14N4O2S. The maximum absolute atomic E-state index is 11.4. The van der Waals surface area contributed by atoms with Crippen LogP contribution in [0.25, 0.3) is 5.65 Å². The Hall–Kier alpha value is -1.37. The molecule has 0 aliphatic heterocycles. The number of H-pyrrole nitrogens is 1. The SMILES string of the molecule is CC(C)(C)c1cc2nnc(S(C)(=O)=O)n2[nH]1. The second kappa shape index (κ2) is 3.07. The summed E-state index contributed by atoms with van der Waals surface area (Å²) in [6.07, 6.45) is 1.11. The Morgan fingerprint density at radius 3 is 2.44 bits per heavy atom. The van der Waals surface area contributed by atoms with E-state index in [1.54, 1.807) is 0 Å². The molecule has 0 atom stereocenters. The van der Waals surface area contributed by atoms with Crippen molar-refractivity contribution >= 4 is 15.5 Å². The van der Waals surface area contributed by atoms with Gasteiger partial charge in [-0.25, -0.2) is 12.9 Å². The molecular weight excluding hydrogens is 228 g/mol. The fourth-order valence-electron chi connectivity index (χ4n) is 1.39. The van der Waals surface area contributed by atoms with E-state index in [0.717, 1.165) is 11.9 Å². The monoisotopic (exact) mass is 242 g/mol. The Bertz CT molecular complexity index is 630. The third kappa shape index (κ3) is 1.71. The van der Waals surface area contributed by atoms with Gasteiger partial charge in [-0.05, 0) is 0 Å². The van der Waals surface area contributed by atoms with Crippen LogP contribution in [0.15, 0.2) is 11.2 Å². The summed E-state index contributed by atoms with van der Waals surface area (Å²) in [4.78, 5) is 0. The molecule has 0 fully saturated rings.